The van der Waals surface area contributed by atoms with Gasteiger partial charge < -0.3 is 4.74 Å². The number of Topliss-reactive ketones (excluding diaryl/α,β-unsaturated/α-hetero) is 1. The minimum Gasteiger partial charge on any atom is -0.461 e. The van der Waals surface area contributed by atoms with E-state index in [4.69, 9.17) is 4.74 Å². The molecule has 2 aromatic carbocycles. The lowest BCUT2D eigenvalue weighted by Gasteiger charge is -2.29. The molecule has 0 radical (unpaired) electrons. The van der Waals surface area contributed by atoms with Crippen LogP contribution in [0.25, 0.3) is 0 Å². The summed E-state index contributed by atoms with van der Waals surface area (Å²) in [6.07, 6.45) is 0. The molecule has 26 heavy (non-hydrogen) atoms. The Hall–Kier alpha value is -1.96. The minimum atomic E-state index is -3.83. The second-order valence-corrected chi connectivity index (χ2v) is 8.81. The number of aryl methyl sites for hydroxylation is 1. The highest BCUT2D eigenvalue weighted by Crippen LogP contribution is 2.40. The summed E-state index contributed by atoms with van der Waals surface area (Å²) in [6, 6.07) is 11.0. The summed E-state index contributed by atoms with van der Waals surface area (Å²) in [5, 5.41) is 0. The molecule has 1 N–H and O–H groups in total. The van der Waals surface area contributed by atoms with Gasteiger partial charge in [0.25, 0.3) is 0 Å². The number of hydrogen-bond acceptors (Lipinski definition) is 4. The van der Waals surface area contributed by atoms with Crippen molar-refractivity contribution in [2.24, 2.45) is 0 Å². The predicted molar refractivity (Wildman–Crippen MR) is 102 cm³/mol. The van der Waals surface area contributed by atoms with Gasteiger partial charge in [0.2, 0.25) is 10.0 Å². The van der Waals surface area contributed by atoms with Crippen molar-refractivity contribution < 1.29 is 17.9 Å². The van der Waals surface area contributed by atoms with E-state index in [9.17, 15) is 13.2 Å². The Kier molecular flexibility index (Phi) is 5.05. The highest BCUT2D eigenvalue weighted by molar-refractivity contribution is 9.10. The molecule has 2 aromatic rings. The highest BCUT2D eigenvalue weighted by Gasteiger charge is 2.34. The molecule has 1 aliphatic rings. The number of carbonyl (C=O) groups excluding carboxylic acids is 1. The lowest BCUT2D eigenvalue weighted by molar-refractivity contribution is -0.114. The van der Waals surface area contributed by atoms with Crippen LogP contribution in [0.2, 0.25) is 0 Å². The van der Waals surface area contributed by atoms with Gasteiger partial charge in [0.1, 0.15) is 11.5 Å². The summed E-state index contributed by atoms with van der Waals surface area (Å²) >= 11 is 3.39. The maximum absolute atomic E-state index is 12.9. The molecule has 136 valence electrons. The van der Waals surface area contributed by atoms with E-state index in [1.165, 1.54) is 6.92 Å². The Morgan fingerprint density at radius 1 is 1.12 bits per heavy atom. The highest BCUT2D eigenvalue weighted by atomic mass is 79.9. The summed E-state index contributed by atoms with van der Waals surface area (Å²) in [5.41, 5.74) is 1.85. The first-order chi connectivity index (χ1) is 12.2. The van der Waals surface area contributed by atoms with E-state index >= 15 is 0 Å². The summed E-state index contributed by atoms with van der Waals surface area (Å²) in [7, 11) is -3.83. The zero-order valence-electron chi connectivity index (χ0n) is 14.5. The fourth-order valence-corrected chi connectivity index (χ4v) is 4.50. The smallest absolute Gasteiger partial charge is 0.241 e. The number of sulfonamides is 1. The molecule has 1 aliphatic heterocycles. The molecule has 0 aliphatic carbocycles. The maximum atomic E-state index is 12.9. The zero-order valence-corrected chi connectivity index (χ0v) is 16.9. The number of benzene rings is 2. The minimum absolute atomic E-state index is 0.145. The van der Waals surface area contributed by atoms with Crippen molar-refractivity contribution in [2.75, 3.05) is 0 Å². The number of hydrogen-bond donors (Lipinski definition) is 1. The molecule has 0 spiro atoms. The van der Waals surface area contributed by atoms with Gasteiger partial charge in [-0.1, -0.05) is 33.6 Å². The van der Waals surface area contributed by atoms with Gasteiger partial charge in [-0.2, -0.15) is 4.72 Å². The Bertz CT molecular complexity index is 1010. The van der Waals surface area contributed by atoms with Crippen LogP contribution in [-0.2, 0) is 14.8 Å². The van der Waals surface area contributed by atoms with Gasteiger partial charge in [-0.15, -0.1) is 0 Å². The van der Waals surface area contributed by atoms with Crippen LogP contribution >= 0.6 is 15.9 Å². The van der Waals surface area contributed by atoms with Crippen LogP contribution in [0.5, 0.6) is 5.75 Å². The van der Waals surface area contributed by atoms with E-state index in [-0.39, 0.29) is 10.7 Å². The second-order valence-electron chi connectivity index (χ2n) is 6.18. The molecule has 0 saturated heterocycles. The summed E-state index contributed by atoms with van der Waals surface area (Å²) in [5.74, 6) is 0.668. The summed E-state index contributed by atoms with van der Waals surface area (Å²) in [6.45, 7) is 4.95. The molecule has 7 heteroatoms. The molecule has 5 nitrogen and oxygen atoms in total. The van der Waals surface area contributed by atoms with Crippen LogP contribution in [0.1, 0.15) is 31.0 Å². The third kappa shape index (κ3) is 3.60. The van der Waals surface area contributed by atoms with Crippen LogP contribution in [0.4, 0.5) is 0 Å². The van der Waals surface area contributed by atoms with Crippen molar-refractivity contribution in [1.29, 1.82) is 0 Å². The molecule has 1 atom stereocenters. The van der Waals surface area contributed by atoms with E-state index < -0.39 is 16.1 Å². The van der Waals surface area contributed by atoms with Gasteiger partial charge in [0, 0.05) is 10.0 Å². The van der Waals surface area contributed by atoms with Crippen molar-refractivity contribution in [3.63, 3.8) is 0 Å². The maximum Gasteiger partial charge on any atom is 0.241 e. The van der Waals surface area contributed by atoms with Gasteiger partial charge in [-0.25, -0.2) is 8.42 Å². The Morgan fingerprint density at radius 2 is 1.77 bits per heavy atom. The molecular weight excluding hydrogens is 418 g/mol. The molecule has 0 aromatic heterocycles. The topological polar surface area (TPSA) is 72.5 Å². The van der Waals surface area contributed by atoms with Crippen LogP contribution in [0.15, 0.2) is 63.2 Å². The number of halogens is 1. The van der Waals surface area contributed by atoms with E-state index in [0.717, 1.165) is 10.0 Å². The first kappa shape index (κ1) is 18.8. The normalized spacial score (nSPS) is 16.8. The molecule has 1 heterocycles. The number of rotatable bonds is 4. The molecular formula is C19H18BrNO4S. The largest absolute Gasteiger partial charge is 0.461 e. The van der Waals surface area contributed by atoms with Gasteiger partial charge >= 0.3 is 0 Å². The first-order valence-corrected chi connectivity index (χ1v) is 10.2. The average Bonchev–Trinajstić information content (AvgIpc) is 2.55. The number of nitrogens with one attached hydrogen (secondary N) is 1. The molecule has 0 saturated carbocycles. The van der Waals surface area contributed by atoms with Crippen LogP contribution < -0.4 is 9.46 Å². The number of ether oxygens (including phenoxy) is 1. The summed E-state index contributed by atoms with van der Waals surface area (Å²) < 4.78 is 34.9. The fraction of sp³-hybridized carbons (Fsp3) is 0.211. The molecule has 0 fully saturated rings. The van der Waals surface area contributed by atoms with E-state index in [0.29, 0.717) is 22.6 Å². The Balaban J connectivity index is 2.10. The van der Waals surface area contributed by atoms with Gasteiger partial charge in [0.15, 0.2) is 5.78 Å². The molecule has 0 amide bonds. The first-order valence-electron chi connectivity index (χ1n) is 7.97. The van der Waals surface area contributed by atoms with Crippen molar-refractivity contribution in [2.45, 2.75) is 31.7 Å². The van der Waals surface area contributed by atoms with Crippen LogP contribution in [0, 0.1) is 6.92 Å². The van der Waals surface area contributed by atoms with Gasteiger partial charge in [0.05, 0.1) is 16.5 Å². The fourth-order valence-electron chi connectivity index (χ4n) is 2.93. The molecule has 1 unspecified atom stereocenters. The van der Waals surface area contributed by atoms with E-state index in [1.54, 1.807) is 49.4 Å². The number of carbonyl (C=O) groups is 1. The number of allylic oxidation sites excluding steroid dienone is 1. The lowest BCUT2D eigenvalue weighted by Crippen LogP contribution is -2.34. The number of fused-ring (bicyclic) bond motifs is 1. The SMILES string of the molecule is CC(=O)C1=C(C)Oc2ccc(Br)cc2C1NS(=O)(=O)c1ccc(C)cc1. The van der Waals surface area contributed by atoms with Gasteiger partial charge in [-0.3, -0.25) is 4.79 Å². The Morgan fingerprint density at radius 3 is 2.38 bits per heavy atom. The molecule has 3 rings (SSSR count). The summed E-state index contributed by atoms with van der Waals surface area (Å²) in [4.78, 5) is 12.3. The number of ketones is 1. The zero-order chi connectivity index (χ0) is 19.1. The second kappa shape index (κ2) is 6.98. The predicted octanol–water partition coefficient (Wildman–Crippen LogP) is 4.03. The third-order valence-electron chi connectivity index (χ3n) is 4.20. The van der Waals surface area contributed by atoms with Crippen molar-refractivity contribution in [1.82, 2.24) is 4.72 Å². The van der Waals surface area contributed by atoms with E-state index in [2.05, 4.69) is 20.7 Å². The van der Waals surface area contributed by atoms with Crippen molar-refractivity contribution in [3.05, 3.63) is 69.4 Å². The van der Waals surface area contributed by atoms with Crippen molar-refractivity contribution in [3.8, 4) is 5.75 Å². The monoisotopic (exact) mass is 435 g/mol. The average molecular weight is 436 g/mol. The van der Waals surface area contributed by atoms with Gasteiger partial charge in [-0.05, 0) is 51.1 Å². The molecule has 0 bridgehead atoms. The standard InChI is InChI=1S/C19H18BrNO4S/c1-11-4-7-15(8-5-11)26(23,24)21-19-16-10-14(20)6-9-17(16)25-13(3)18(19)12(2)22/h4-10,19,21H,1-3H3. The van der Waals surface area contributed by atoms with E-state index in [1.807, 2.05) is 6.92 Å². The lowest BCUT2D eigenvalue weighted by atomic mass is 9.93. The quantitative estimate of drug-likeness (QED) is 0.786. The van der Waals surface area contributed by atoms with Crippen molar-refractivity contribution >= 4 is 31.7 Å². The Labute approximate surface area is 161 Å². The van der Waals surface area contributed by atoms with Crippen LogP contribution in [0.3, 0.4) is 0 Å². The van der Waals surface area contributed by atoms with Crippen LogP contribution in [-0.4, -0.2) is 14.2 Å². The third-order valence-corrected chi connectivity index (χ3v) is 6.13.